The SMILES string of the molecule is Cc1nc(-c2ccc(CNCc3cc(=O)oc4c(C)c(O)ccc34)s2)cs1. The molecule has 0 spiro atoms. The summed E-state index contributed by atoms with van der Waals surface area (Å²) in [5.41, 5.74) is 2.49. The lowest BCUT2D eigenvalue weighted by molar-refractivity contribution is 0.468. The van der Waals surface area contributed by atoms with E-state index in [1.165, 1.54) is 10.9 Å². The van der Waals surface area contributed by atoms with Gasteiger partial charge < -0.3 is 14.8 Å². The van der Waals surface area contributed by atoms with E-state index in [0.717, 1.165) is 26.5 Å². The zero-order valence-corrected chi connectivity index (χ0v) is 16.5. The summed E-state index contributed by atoms with van der Waals surface area (Å²) >= 11 is 3.37. The van der Waals surface area contributed by atoms with Crippen molar-refractivity contribution in [3.05, 3.63) is 67.1 Å². The number of aryl methyl sites for hydroxylation is 2. The number of hydrogen-bond donors (Lipinski definition) is 2. The van der Waals surface area contributed by atoms with Crippen LogP contribution in [-0.4, -0.2) is 10.1 Å². The molecule has 4 rings (SSSR count). The van der Waals surface area contributed by atoms with Crippen molar-refractivity contribution in [3.8, 4) is 16.3 Å². The lowest BCUT2D eigenvalue weighted by atomic mass is 10.1. The van der Waals surface area contributed by atoms with E-state index >= 15 is 0 Å². The van der Waals surface area contributed by atoms with Crippen molar-refractivity contribution in [1.29, 1.82) is 0 Å². The van der Waals surface area contributed by atoms with Gasteiger partial charge in [0.1, 0.15) is 11.3 Å². The molecule has 138 valence electrons. The number of hydrogen-bond acceptors (Lipinski definition) is 7. The minimum Gasteiger partial charge on any atom is -0.508 e. The molecule has 0 aliphatic heterocycles. The number of rotatable bonds is 5. The Hall–Kier alpha value is -2.48. The van der Waals surface area contributed by atoms with E-state index in [9.17, 15) is 9.90 Å². The third kappa shape index (κ3) is 3.66. The number of aromatic hydroxyl groups is 1. The fourth-order valence-corrected chi connectivity index (χ4v) is 4.60. The predicted molar refractivity (Wildman–Crippen MR) is 110 cm³/mol. The van der Waals surface area contributed by atoms with Crippen molar-refractivity contribution >= 4 is 33.6 Å². The Morgan fingerprint density at radius 1 is 1.19 bits per heavy atom. The lowest BCUT2D eigenvalue weighted by Crippen LogP contribution is -2.14. The van der Waals surface area contributed by atoms with Gasteiger partial charge in [0.25, 0.3) is 0 Å². The molecule has 0 atom stereocenters. The van der Waals surface area contributed by atoms with Crippen molar-refractivity contribution in [1.82, 2.24) is 10.3 Å². The number of benzene rings is 1. The number of thiophene rings is 1. The molecule has 0 saturated heterocycles. The molecule has 1 aromatic carbocycles. The lowest BCUT2D eigenvalue weighted by Gasteiger charge is -2.09. The standard InChI is InChI=1S/C20H18N2O3S2/c1-11-17(23)5-4-15-13(7-19(24)25-20(11)15)8-21-9-14-3-6-18(27-14)16-10-26-12(2)22-16/h3-7,10,21,23H,8-9H2,1-2H3. The monoisotopic (exact) mass is 398 g/mol. The molecule has 2 N–H and O–H groups in total. The van der Waals surface area contributed by atoms with Gasteiger partial charge in [-0.25, -0.2) is 9.78 Å². The van der Waals surface area contributed by atoms with Crippen LogP contribution in [0.4, 0.5) is 0 Å². The summed E-state index contributed by atoms with van der Waals surface area (Å²) in [6.45, 7) is 4.99. The smallest absolute Gasteiger partial charge is 0.336 e. The number of nitrogens with one attached hydrogen (secondary N) is 1. The summed E-state index contributed by atoms with van der Waals surface area (Å²) in [5.74, 6) is 0.124. The van der Waals surface area contributed by atoms with Gasteiger partial charge >= 0.3 is 5.63 Å². The highest BCUT2D eigenvalue weighted by Gasteiger charge is 2.11. The van der Waals surface area contributed by atoms with E-state index in [4.69, 9.17) is 4.42 Å². The molecular formula is C20H18N2O3S2. The van der Waals surface area contributed by atoms with Crippen molar-refractivity contribution in [2.24, 2.45) is 0 Å². The van der Waals surface area contributed by atoms with Gasteiger partial charge in [-0.3, -0.25) is 0 Å². The van der Waals surface area contributed by atoms with Gasteiger partial charge in [-0.15, -0.1) is 22.7 Å². The molecule has 4 aromatic rings. The first-order valence-corrected chi connectivity index (χ1v) is 10.2. The van der Waals surface area contributed by atoms with Gasteiger partial charge in [-0.1, -0.05) is 0 Å². The van der Waals surface area contributed by atoms with E-state index in [1.54, 1.807) is 41.7 Å². The third-order valence-electron chi connectivity index (χ3n) is 4.37. The van der Waals surface area contributed by atoms with E-state index < -0.39 is 5.63 Å². The van der Waals surface area contributed by atoms with Crippen LogP contribution in [0.15, 0.2) is 44.9 Å². The zero-order valence-electron chi connectivity index (χ0n) is 14.9. The molecule has 0 radical (unpaired) electrons. The van der Waals surface area contributed by atoms with Crippen LogP contribution in [0.25, 0.3) is 21.5 Å². The minimum atomic E-state index is -0.412. The molecule has 5 nitrogen and oxygen atoms in total. The Morgan fingerprint density at radius 2 is 2.04 bits per heavy atom. The minimum absolute atomic E-state index is 0.124. The predicted octanol–water partition coefficient (Wildman–Crippen LogP) is 4.59. The van der Waals surface area contributed by atoms with Crippen LogP contribution in [0, 0.1) is 13.8 Å². The Bertz CT molecular complexity index is 1170. The van der Waals surface area contributed by atoms with Gasteiger partial charge in [-0.05, 0) is 43.7 Å². The highest BCUT2D eigenvalue weighted by Crippen LogP contribution is 2.29. The number of phenols is 1. The van der Waals surface area contributed by atoms with Crippen LogP contribution in [0.5, 0.6) is 5.75 Å². The maximum Gasteiger partial charge on any atom is 0.336 e. The van der Waals surface area contributed by atoms with E-state index in [-0.39, 0.29) is 5.75 Å². The van der Waals surface area contributed by atoms with E-state index in [0.29, 0.717) is 24.2 Å². The highest BCUT2D eigenvalue weighted by atomic mass is 32.1. The number of phenolic OH excluding ortho intramolecular Hbond substituents is 1. The largest absolute Gasteiger partial charge is 0.508 e. The van der Waals surface area contributed by atoms with Crippen LogP contribution in [0.3, 0.4) is 0 Å². The molecule has 0 bridgehead atoms. The number of aromatic nitrogens is 1. The van der Waals surface area contributed by atoms with Crippen LogP contribution in [0.2, 0.25) is 0 Å². The number of fused-ring (bicyclic) bond motifs is 1. The van der Waals surface area contributed by atoms with Crippen LogP contribution in [-0.2, 0) is 13.1 Å². The average Bonchev–Trinajstić information content (AvgIpc) is 3.27. The Balaban J connectivity index is 1.51. The first kappa shape index (κ1) is 17.9. The van der Waals surface area contributed by atoms with Gasteiger partial charge in [-0.2, -0.15) is 0 Å². The van der Waals surface area contributed by atoms with Crippen molar-refractivity contribution in [2.45, 2.75) is 26.9 Å². The highest BCUT2D eigenvalue weighted by molar-refractivity contribution is 7.16. The Kier molecular flexibility index (Phi) is 4.82. The Labute approximate surface area is 163 Å². The molecule has 27 heavy (non-hydrogen) atoms. The summed E-state index contributed by atoms with van der Waals surface area (Å²) in [6.07, 6.45) is 0. The second kappa shape index (κ2) is 7.26. The second-order valence-corrected chi connectivity index (χ2v) is 8.53. The van der Waals surface area contributed by atoms with Crippen molar-refractivity contribution < 1.29 is 9.52 Å². The molecular weight excluding hydrogens is 380 g/mol. The number of nitrogens with zero attached hydrogens (tertiary/aromatic N) is 1. The van der Waals surface area contributed by atoms with E-state index in [1.807, 2.05) is 6.92 Å². The van der Waals surface area contributed by atoms with Crippen LogP contribution < -0.4 is 10.9 Å². The molecule has 3 aromatic heterocycles. The average molecular weight is 399 g/mol. The van der Waals surface area contributed by atoms with Gasteiger partial charge in [0, 0.05) is 40.4 Å². The first-order chi connectivity index (χ1) is 13.0. The summed E-state index contributed by atoms with van der Waals surface area (Å²) in [4.78, 5) is 18.8. The number of thiazole rings is 1. The maximum absolute atomic E-state index is 11.9. The molecule has 0 saturated carbocycles. The Morgan fingerprint density at radius 3 is 2.81 bits per heavy atom. The normalized spacial score (nSPS) is 11.3. The molecule has 0 aliphatic rings. The van der Waals surface area contributed by atoms with Crippen LogP contribution in [0.1, 0.15) is 21.0 Å². The summed E-state index contributed by atoms with van der Waals surface area (Å²) in [5, 5.41) is 17.2. The quantitative estimate of drug-likeness (QED) is 0.481. The maximum atomic E-state index is 11.9. The summed E-state index contributed by atoms with van der Waals surface area (Å²) < 4.78 is 5.29. The molecule has 0 amide bonds. The van der Waals surface area contributed by atoms with Crippen molar-refractivity contribution in [2.75, 3.05) is 0 Å². The second-order valence-electron chi connectivity index (χ2n) is 6.30. The molecule has 0 fully saturated rings. The summed E-state index contributed by atoms with van der Waals surface area (Å²) in [6, 6.07) is 9.11. The van der Waals surface area contributed by atoms with Gasteiger partial charge in [0.15, 0.2) is 0 Å². The fraction of sp³-hybridized carbons (Fsp3) is 0.200. The summed E-state index contributed by atoms with van der Waals surface area (Å²) in [7, 11) is 0. The first-order valence-electron chi connectivity index (χ1n) is 8.48. The molecule has 3 heterocycles. The van der Waals surface area contributed by atoms with Gasteiger partial charge in [0.05, 0.1) is 15.6 Å². The van der Waals surface area contributed by atoms with Crippen LogP contribution >= 0.6 is 22.7 Å². The molecule has 7 heteroatoms. The molecule has 0 unspecified atom stereocenters. The van der Waals surface area contributed by atoms with Crippen molar-refractivity contribution in [3.63, 3.8) is 0 Å². The zero-order chi connectivity index (χ0) is 19.0. The van der Waals surface area contributed by atoms with E-state index in [2.05, 4.69) is 27.8 Å². The van der Waals surface area contributed by atoms with Gasteiger partial charge in [0.2, 0.25) is 0 Å². The fourth-order valence-electron chi connectivity index (χ4n) is 2.97. The third-order valence-corrected chi connectivity index (χ3v) is 6.25. The molecule has 0 aliphatic carbocycles. The topological polar surface area (TPSA) is 75.4 Å².